The molecule has 0 atom stereocenters. The van der Waals surface area contributed by atoms with Crippen molar-refractivity contribution in [1.29, 1.82) is 5.26 Å². The van der Waals surface area contributed by atoms with Gasteiger partial charge in [0.1, 0.15) is 17.1 Å². The summed E-state index contributed by atoms with van der Waals surface area (Å²) < 4.78 is 24.6. The molecule has 9 nitrogen and oxygen atoms in total. The normalized spacial score (nSPS) is 13.7. The fraction of sp³-hybridized carbons (Fsp3) is 0.355. The van der Waals surface area contributed by atoms with Gasteiger partial charge in [-0.2, -0.15) is 10.4 Å². The van der Waals surface area contributed by atoms with E-state index in [1.807, 2.05) is 50.0 Å². The molecule has 2 aromatic carbocycles. The fourth-order valence-electron chi connectivity index (χ4n) is 5.57. The number of aromatic nitrogens is 3. The van der Waals surface area contributed by atoms with Crippen molar-refractivity contribution in [3.05, 3.63) is 59.0 Å². The molecule has 0 radical (unpaired) electrons. The van der Waals surface area contributed by atoms with Crippen LogP contribution in [0.4, 0.5) is 10.1 Å². The summed E-state index contributed by atoms with van der Waals surface area (Å²) in [4.78, 5) is 22.5. The number of hydrogen-bond acceptors (Lipinski definition) is 7. The zero-order chi connectivity index (χ0) is 30.1. The second-order valence-corrected chi connectivity index (χ2v) is 11.1. The first-order valence-corrected chi connectivity index (χ1v) is 14.1. The molecule has 1 amide bonds. The van der Waals surface area contributed by atoms with Crippen LogP contribution in [0.3, 0.4) is 0 Å². The number of fused-ring (bicyclic) bond motifs is 2. The second-order valence-electron chi connectivity index (χ2n) is 10.7. The summed E-state index contributed by atoms with van der Waals surface area (Å²) in [6.45, 7) is 8.29. The van der Waals surface area contributed by atoms with Gasteiger partial charge in [0.15, 0.2) is 5.82 Å². The Labute approximate surface area is 249 Å². The summed E-state index contributed by atoms with van der Waals surface area (Å²) in [5.41, 5.74) is 3.22. The number of aryl methyl sites for hydroxylation is 2. The maximum Gasteiger partial charge on any atom is 0.246 e. The lowest BCUT2D eigenvalue weighted by Crippen LogP contribution is -2.48. The Morgan fingerprint density at radius 2 is 2.00 bits per heavy atom. The molecular formula is C31H33ClFN7O2. The molecule has 1 fully saturated rings. The first-order valence-electron chi connectivity index (χ1n) is 13.8. The van der Waals surface area contributed by atoms with Crippen LogP contribution < -0.4 is 9.64 Å². The highest BCUT2D eigenvalue weighted by molar-refractivity contribution is 6.35. The fourth-order valence-corrected chi connectivity index (χ4v) is 5.85. The molecule has 42 heavy (non-hydrogen) atoms. The number of hydrogen-bond donors (Lipinski definition) is 0. The van der Waals surface area contributed by atoms with Crippen LogP contribution in [0.2, 0.25) is 5.02 Å². The molecule has 1 aliphatic heterocycles. The predicted octanol–water partition coefficient (Wildman–Crippen LogP) is 4.93. The van der Waals surface area contributed by atoms with Gasteiger partial charge in [0.25, 0.3) is 0 Å². The van der Waals surface area contributed by atoms with Crippen molar-refractivity contribution in [2.75, 3.05) is 58.3 Å². The number of halogens is 2. The molecule has 4 aromatic rings. The zero-order valence-electron chi connectivity index (χ0n) is 24.2. The van der Waals surface area contributed by atoms with Crippen molar-refractivity contribution in [3.63, 3.8) is 0 Å². The Balaban J connectivity index is 1.72. The number of pyridine rings is 1. The van der Waals surface area contributed by atoms with E-state index in [0.29, 0.717) is 55.8 Å². The molecule has 0 bridgehead atoms. The van der Waals surface area contributed by atoms with Crippen molar-refractivity contribution in [3.8, 4) is 23.1 Å². The molecule has 0 N–H and O–H groups in total. The first kappa shape index (κ1) is 29.3. The van der Waals surface area contributed by atoms with Gasteiger partial charge in [-0.25, -0.2) is 9.37 Å². The second kappa shape index (κ2) is 12.0. The van der Waals surface area contributed by atoms with Gasteiger partial charge in [-0.15, -0.1) is 0 Å². The highest BCUT2D eigenvalue weighted by atomic mass is 35.5. The maximum atomic E-state index is 16.8. The lowest BCUT2D eigenvalue weighted by atomic mass is 9.95. The van der Waals surface area contributed by atoms with Crippen molar-refractivity contribution in [1.82, 2.24) is 24.6 Å². The average Bonchev–Trinajstić information content (AvgIpc) is 3.35. The van der Waals surface area contributed by atoms with Crippen LogP contribution in [0.5, 0.6) is 5.88 Å². The highest BCUT2D eigenvalue weighted by Gasteiger charge is 2.29. The van der Waals surface area contributed by atoms with Gasteiger partial charge in [0.2, 0.25) is 11.8 Å². The number of carbonyl (C=O) groups is 1. The Hall–Kier alpha value is -4.20. The van der Waals surface area contributed by atoms with E-state index in [4.69, 9.17) is 16.3 Å². The minimum Gasteiger partial charge on any atom is -0.477 e. The van der Waals surface area contributed by atoms with E-state index in [-0.39, 0.29) is 33.5 Å². The molecule has 0 unspecified atom stereocenters. The van der Waals surface area contributed by atoms with Gasteiger partial charge in [-0.05, 0) is 45.1 Å². The van der Waals surface area contributed by atoms with E-state index < -0.39 is 5.82 Å². The number of ether oxygens (including phenoxy) is 1. The third-order valence-electron chi connectivity index (χ3n) is 7.66. The molecule has 0 saturated carbocycles. The summed E-state index contributed by atoms with van der Waals surface area (Å²) in [5, 5.41) is 16.2. The number of anilines is 1. The largest absolute Gasteiger partial charge is 0.477 e. The maximum absolute atomic E-state index is 16.8. The van der Waals surface area contributed by atoms with Crippen molar-refractivity contribution < 1.29 is 13.9 Å². The lowest BCUT2D eigenvalue weighted by Gasteiger charge is -2.36. The Morgan fingerprint density at radius 3 is 2.67 bits per heavy atom. The minimum absolute atomic E-state index is 0.0641. The molecule has 218 valence electrons. The van der Waals surface area contributed by atoms with Gasteiger partial charge in [-0.3, -0.25) is 9.48 Å². The third kappa shape index (κ3) is 5.26. The Kier molecular flexibility index (Phi) is 8.34. The smallest absolute Gasteiger partial charge is 0.246 e. The standard InChI is InChI=1S/C31H33ClFN7O2/c1-6-24(41)39-11-13-40(14-12-39)30-21-16-23(32)26(25-19(2)8-9-20-18-35-38(5)29(20)25)27(33)28(21)36-31(22(30)17-34)42-15-7-10-37(3)4/h6,8-9,16,18H,1,7,10-15H2,2-5H3. The topological polar surface area (TPSA) is 90.5 Å². The summed E-state index contributed by atoms with van der Waals surface area (Å²) in [7, 11) is 5.74. The van der Waals surface area contributed by atoms with Gasteiger partial charge in [0.05, 0.1) is 29.0 Å². The molecule has 0 aliphatic carbocycles. The molecule has 1 saturated heterocycles. The Bertz CT molecular complexity index is 1740. The number of rotatable bonds is 8. The van der Waals surface area contributed by atoms with E-state index in [0.717, 1.165) is 23.0 Å². The minimum atomic E-state index is -0.598. The van der Waals surface area contributed by atoms with Crippen molar-refractivity contribution in [2.45, 2.75) is 13.3 Å². The number of nitrogens with zero attached hydrogens (tertiary/aromatic N) is 7. The van der Waals surface area contributed by atoms with Gasteiger partial charge >= 0.3 is 0 Å². The molecule has 0 spiro atoms. The predicted molar refractivity (Wildman–Crippen MR) is 164 cm³/mol. The van der Waals surface area contributed by atoms with Crippen LogP contribution in [-0.4, -0.2) is 83.9 Å². The SMILES string of the molecule is C=CC(=O)N1CCN(c2c(C#N)c(OCCCN(C)C)nc3c(F)c(-c4c(C)ccc5cnn(C)c45)c(Cl)cc23)CC1. The van der Waals surface area contributed by atoms with E-state index in [1.165, 1.54) is 6.08 Å². The highest BCUT2D eigenvalue weighted by Crippen LogP contribution is 2.44. The molecule has 2 aromatic heterocycles. The van der Waals surface area contributed by atoms with E-state index >= 15 is 4.39 Å². The van der Waals surface area contributed by atoms with Crippen LogP contribution in [0.1, 0.15) is 17.5 Å². The number of benzene rings is 2. The van der Waals surface area contributed by atoms with Crippen LogP contribution in [-0.2, 0) is 11.8 Å². The molecular weight excluding hydrogens is 557 g/mol. The van der Waals surface area contributed by atoms with Crippen LogP contribution >= 0.6 is 11.6 Å². The molecule has 3 heterocycles. The quantitative estimate of drug-likeness (QED) is 0.213. The van der Waals surface area contributed by atoms with E-state index in [9.17, 15) is 10.1 Å². The Morgan fingerprint density at radius 1 is 1.26 bits per heavy atom. The van der Waals surface area contributed by atoms with Crippen LogP contribution in [0, 0.1) is 24.1 Å². The van der Waals surface area contributed by atoms with Crippen molar-refractivity contribution >= 4 is 45.0 Å². The average molecular weight is 590 g/mol. The number of piperazine rings is 1. The third-order valence-corrected chi connectivity index (χ3v) is 7.95. The van der Waals surface area contributed by atoms with E-state index in [1.54, 1.807) is 21.8 Å². The van der Waals surface area contributed by atoms with Crippen LogP contribution in [0.15, 0.2) is 37.1 Å². The van der Waals surface area contributed by atoms with Gasteiger partial charge in [-0.1, -0.05) is 30.3 Å². The van der Waals surface area contributed by atoms with Gasteiger partial charge in [0, 0.05) is 61.7 Å². The summed E-state index contributed by atoms with van der Waals surface area (Å²) in [5.74, 6) is -0.678. The number of amides is 1. The monoisotopic (exact) mass is 589 g/mol. The number of nitriles is 1. The van der Waals surface area contributed by atoms with Gasteiger partial charge < -0.3 is 19.4 Å². The summed E-state index contributed by atoms with van der Waals surface area (Å²) in [6, 6.07) is 7.80. The molecule has 1 aliphatic rings. The zero-order valence-corrected chi connectivity index (χ0v) is 25.0. The number of carbonyl (C=O) groups excluding carboxylic acids is 1. The lowest BCUT2D eigenvalue weighted by molar-refractivity contribution is -0.126. The van der Waals surface area contributed by atoms with Crippen molar-refractivity contribution in [2.24, 2.45) is 7.05 Å². The summed E-state index contributed by atoms with van der Waals surface area (Å²) in [6.07, 6.45) is 3.72. The van der Waals surface area contributed by atoms with Crippen LogP contribution in [0.25, 0.3) is 32.9 Å². The summed E-state index contributed by atoms with van der Waals surface area (Å²) >= 11 is 6.90. The first-order chi connectivity index (χ1) is 20.2. The van der Waals surface area contributed by atoms with E-state index in [2.05, 4.69) is 22.7 Å². The molecule has 11 heteroatoms. The molecule has 5 rings (SSSR count).